The lowest BCUT2D eigenvalue weighted by molar-refractivity contribution is -0.138. The number of nitrogens with two attached hydrogens (primary N) is 1. The SMILES string of the molecule is CCCCCCCCCCCCCCCCCCCCCCCCCCCC(N)C(=O)O. The van der Waals surface area contributed by atoms with Crippen molar-refractivity contribution in [2.75, 3.05) is 0 Å². The zero-order valence-electron chi connectivity index (χ0n) is 21.9. The molecule has 3 heteroatoms. The lowest BCUT2D eigenvalue weighted by atomic mass is 10.0. The molecule has 0 amide bonds. The van der Waals surface area contributed by atoms with Crippen molar-refractivity contribution < 1.29 is 9.90 Å². The molecule has 0 aliphatic carbocycles. The van der Waals surface area contributed by atoms with Crippen molar-refractivity contribution in [3.05, 3.63) is 0 Å². The summed E-state index contributed by atoms with van der Waals surface area (Å²) in [4.78, 5) is 10.6. The van der Waals surface area contributed by atoms with Crippen LogP contribution in [0.15, 0.2) is 0 Å². The zero-order valence-corrected chi connectivity index (χ0v) is 21.9. The van der Waals surface area contributed by atoms with Gasteiger partial charge in [-0.05, 0) is 6.42 Å². The molecule has 1 unspecified atom stereocenters. The van der Waals surface area contributed by atoms with Gasteiger partial charge in [0.15, 0.2) is 0 Å². The molecule has 0 aromatic carbocycles. The van der Waals surface area contributed by atoms with Crippen LogP contribution in [0.2, 0.25) is 0 Å². The maximum absolute atomic E-state index is 10.6. The molecule has 3 N–H and O–H groups in total. The van der Waals surface area contributed by atoms with Gasteiger partial charge in [-0.2, -0.15) is 0 Å². The largest absolute Gasteiger partial charge is 0.480 e. The van der Waals surface area contributed by atoms with Gasteiger partial charge in [-0.15, -0.1) is 0 Å². The van der Waals surface area contributed by atoms with Crippen molar-refractivity contribution in [2.45, 2.75) is 180 Å². The first kappa shape index (κ1) is 31.4. The Balaban J connectivity index is 3.04. The molecule has 0 heterocycles. The summed E-state index contributed by atoms with van der Waals surface area (Å²) in [7, 11) is 0. The van der Waals surface area contributed by atoms with Gasteiger partial charge in [-0.25, -0.2) is 0 Å². The quantitative estimate of drug-likeness (QED) is 0.122. The van der Waals surface area contributed by atoms with Crippen LogP contribution < -0.4 is 5.73 Å². The second-order valence-electron chi connectivity index (χ2n) is 10.2. The minimum absolute atomic E-state index is 0.620. The van der Waals surface area contributed by atoms with E-state index in [-0.39, 0.29) is 0 Å². The first-order valence-electron chi connectivity index (χ1n) is 14.7. The summed E-state index contributed by atoms with van der Waals surface area (Å²) < 4.78 is 0. The third kappa shape index (κ3) is 25.7. The van der Waals surface area contributed by atoms with Crippen LogP contribution in [-0.4, -0.2) is 17.1 Å². The Morgan fingerprint density at radius 1 is 0.500 bits per heavy atom. The van der Waals surface area contributed by atoms with E-state index in [1.807, 2.05) is 0 Å². The van der Waals surface area contributed by atoms with Gasteiger partial charge in [0, 0.05) is 0 Å². The number of hydrogen-bond acceptors (Lipinski definition) is 2. The van der Waals surface area contributed by atoms with Crippen molar-refractivity contribution >= 4 is 5.97 Å². The number of carboxylic acid groups (broad SMARTS) is 1. The monoisotopic (exact) mass is 453 g/mol. The number of carboxylic acids is 1. The normalized spacial score (nSPS) is 12.3. The van der Waals surface area contributed by atoms with Gasteiger partial charge in [-0.1, -0.05) is 167 Å². The third-order valence-electron chi connectivity index (χ3n) is 6.94. The molecule has 0 aliphatic rings. The van der Waals surface area contributed by atoms with E-state index in [1.54, 1.807) is 0 Å². The van der Waals surface area contributed by atoms with Gasteiger partial charge in [-0.3, -0.25) is 4.79 Å². The van der Waals surface area contributed by atoms with Crippen LogP contribution in [0.1, 0.15) is 174 Å². The van der Waals surface area contributed by atoms with E-state index in [0.29, 0.717) is 6.42 Å². The second-order valence-corrected chi connectivity index (χ2v) is 10.2. The third-order valence-corrected chi connectivity index (χ3v) is 6.94. The topological polar surface area (TPSA) is 63.3 Å². The first-order chi connectivity index (χ1) is 15.7. The minimum atomic E-state index is -0.866. The molecule has 0 radical (unpaired) electrons. The highest BCUT2D eigenvalue weighted by molar-refractivity contribution is 5.72. The molecule has 0 saturated carbocycles. The molecule has 0 bridgehead atoms. The molecule has 0 aromatic heterocycles. The van der Waals surface area contributed by atoms with Crippen LogP contribution in [-0.2, 0) is 4.79 Å². The van der Waals surface area contributed by atoms with E-state index >= 15 is 0 Å². The average Bonchev–Trinajstić information content (AvgIpc) is 2.78. The maximum Gasteiger partial charge on any atom is 0.320 e. The van der Waals surface area contributed by atoms with E-state index in [1.165, 1.54) is 148 Å². The van der Waals surface area contributed by atoms with E-state index < -0.39 is 12.0 Å². The van der Waals surface area contributed by atoms with Gasteiger partial charge in [0.05, 0.1) is 0 Å². The summed E-state index contributed by atoms with van der Waals surface area (Å²) >= 11 is 0. The number of carbonyl (C=O) groups is 1. The summed E-state index contributed by atoms with van der Waals surface area (Å²) in [6, 6.07) is -0.667. The van der Waals surface area contributed by atoms with E-state index in [2.05, 4.69) is 6.92 Å². The molecule has 0 rings (SSSR count). The van der Waals surface area contributed by atoms with E-state index in [4.69, 9.17) is 10.8 Å². The number of aliphatic carboxylic acids is 1. The van der Waals surface area contributed by atoms with Crippen molar-refractivity contribution in [3.8, 4) is 0 Å². The smallest absolute Gasteiger partial charge is 0.320 e. The number of rotatable bonds is 27. The van der Waals surface area contributed by atoms with Gasteiger partial charge in [0.1, 0.15) is 6.04 Å². The minimum Gasteiger partial charge on any atom is -0.480 e. The van der Waals surface area contributed by atoms with E-state index in [0.717, 1.165) is 12.8 Å². The van der Waals surface area contributed by atoms with Gasteiger partial charge >= 0.3 is 5.97 Å². The summed E-state index contributed by atoms with van der Waals surface area (Å²) in [5.41, 5.74) is 5.52. The Labute approximate surface area is 201 Å². The predicted molar refractivity (Wildman–Crippen MR) is 141 cm³/mol. The molecule has 192 valence electrons. The molecule has 3 nitrogen and oxygen atoms in total. The molecular weight excluding hydrogens is 394 g/mol. The standard InChI is InChI=1S/C29H59NO2/c1-2-3-4-5-6-7-8-9-10-11-12-13-14-15-16-17-18-19-20-21-22-23-24-25-26-27-28(30)29(31)32/h28H,2-27,30H2,1H3,(H,31,32). The van der Waals surface area contributed by atoms with Crippen LogP contribution >= 0.6 is 0 Å². The van der Waals surface area contributed by atoms with E-state index in [9.17, 15) is 4.79 Å². The highest BCUT2D eigenvalue weighted by atomic mass is 16.4. The second kappa shape index (κ2) is 26.7. The maximum atomic E-state index is 10.6. The predicted octanol–water partition coefficient (Wildman–Crippen LogP) is 9.56. The van der Waals surface area contributed by atoms with Crippen LogP contribution in [0.5, 0.6) is 0 Å². The highest BCUT2D eigenvalue weighted by Crippen LogP contribution is 2.16. The van der Waals surface area contributed by atoms with Crippen LogP contribution in [0.4, 0.5) is 0 Å². The summed E-state index contributed by atoms with van der Waals surface area (Å²) in [6.45, 7) is 2.29. The molecule has 1 atom stereocenters. The summed E-state index contributed by atoms with van der Waals surface area (Å²) in [6.07, 6.45) is 35.3. The van der Waals surface area contributed by atoms with Gasteiger partial charge in [0.25, 0.3) is 0 Å². The molecule has 32 heavy (non-hydrogen) atoms. The van der Waals surface area contributed by atoms with Crippen molar-refractivity contribution in [3.63, 3.8) is 0 Å². The fourth-order valence-corrected chi connectivity index (χ4v) is 4.63. The Kier molecular flexibility index (Phi) is 26.2. The highest BCUT2D eigenvalue weighted by Gasteiger charge is 2.09. The average molecular weight is 454 g/mol. The molecule has 0 aromatic rings. The van der Waals surface area contributed by atoms with Crippen molar-refractivity contribution in [1.29, 1.82) is 0 Å². The zero-order chi connectivity index (χ0) is 23.5. The summed E-state index contributed by atoms with van der Waals surface area (Å²) in [5.74, 6) is -0.866. The van der Waals surface area contributed by atoms with Crippen molar-refractivity contribution in [1.82, 2.24) is 0 Å². The first-order valence-corrected chi connectivity index (χ1v) is 14.7. The van der Waals surface area contributed by atoms with Crippen molar-refractivity contribution in [2.24, 2.45) is 5.73 Å². The molecular formula is C29H59NO2. The number of unbranched alkanes of at least 4 members (excludes halogenated alkanes) is 24. The Morgan fingerprint density at radius 3 is 0.938 bits per heavy atom. The molecule has 0 spiro atoms. The molecule has 0 fully saturated rings. The van der Waals surface area contributed by atoms with Gasteiger partial charge < -0.3 is 10.8 Å². The van der Waals surface area contributed by atoms with Crippen LogP contribution in [0, 0.1) is 0 Å². The number of hydrogen-bond donors (Lipinski definition) is 2. The lowest BCUT2D eigenvalue weighted by Crippen LogP contribution is -2.29. The molecule has 0 aliphatic heterocycles. The Bertz CT molecular complexity index is 372. The fourth-order valence-electron chi connectivity index (χ4n) is 4.63. The van der Waals surface area contributed by atoms with Gasteiger partial charge in [0.2, 0.25) is 0 Å². The molecule has 0 saturated heterocycles. The Morgan fingerprint density at radius 2 is 0.719 bits per heavy atom. The van der Waals surface area contributed by atoms with Crippen LogP contribution in [0.3, 0.4) is 0 Å². The van der Waals surface area contributed by atoms with Crippen LogP contribution in [0.25, 0.3) is 0 Å². The Hall–Kier alpha value is -0.570. The fraction of sp³-hybridized carbons (Fsp3) is 0.966. The lowest BCUT2D eigenvalue weighted by Gasteiger charge is -2.06. The summed E-state index contributed by atoms with van der Waals surface area (Å²) in [5, 5.41) is 8.74.